The highest BCUT2D eigenvalue weighted by atomic mass is 35.5. The topological polar surface area (TPSA) is 96.5 Å². The van der Waals surface area contributed by atoms with E-state index < -0.39 is 0 Å². The second-order valence-corrected chi connectivity index (χ2v) is 11.4. The lowest BCUT2D eigenvalue weighted by atomic mass is 10.2. The largest absolute Gasteiger partial charge is 0.487 e. The van der Waals surface area contributed by atoms with Crippen LogP contribution in [0.4, 0.5) is 15.9 Å². The molecule has 11 heteroatoms. The Labute approximate surface area is 244 Å². The van der Waals surface area contributed by atoms with Crippen LogP contribution in [0.25, 0.3) is 10.2 Å². The maximum absolute atomic E-state index is 13.4. The molecule has 6 rings (SSSR count). The van der Waals surface area contributed by atoms with Crippen molar-refractivity contribution in [2.24, 2.45) is 0 Å². The monoisotopic (exact) mass is 589 g/mol. The summed E-state index contributed by atoms with van der Waals surface area (Å²) in [4.78, 5) is 34.9. The third-order valence-electron chi connectivity index (χ3n) is 6.96. The fourth-order valence-corrected chi connectivity index (χ4v) is 6.06. The molecule has 41 heavy (non-hydrogen) atoms. The highest BCUT2D eigenvalue weighted by Gasteiger charge is 2.33. The SMILES string of the molecule is O=C1CCC(=O)N1C[C@H]1CC[C@H](C#Cc2cc3ncnc(Nc4ccc(OCc5cccc(F)c5)c(Cl)c4)c3s2)N1. The Morgan fingerprint density at radius 1 is 1.12 bits per heavy atom. The van der Waals surface area contributed by atoms with Gasteiger partial charge >= 0.3 is 0 Å². The molecular formula is C30H25ClFN5O3S. The van der Waals surface area contributed by atoms with E-state index in [-0.39, 0.29) is 36.3 Å². The highest BCUT2D eigenvalue weighted by Crippen LogP contribution is 2.33. The van der Waals surface area contributed by atoms with Gasteiger partial charge in [0.25, 0.3) is 0 Å². The van der Waals surface area contributed by atoms with Gasteiger partial charge in [-0.15, -0.1) is 11.3 Å². The molecule has 0 radical (unpaired) electrons. The van der Waals surface area contributed by atoms with Gasteiger partial charge in [-0.05, 0) is 54.8 Å². The summed E-state index contributed by atoms with van der Waals surface area (Å²) >= 11 is 7.95. The summed E-state index contributed by atoms with van der Waals surface area (Å²) in [7, 11) is 0. The lowest BCUT2D eigenvalue weighted by Gasteiger charge is -2.19. The lowest BCUT2D eigenvalue weighted by molar-refractivity contribution is -0.138. The Morgan fingerprint density at radius 3 is 2.78 bits per heavy atom. The average Bonchev–Trinajstić information content (AvgIpc) is 3.67. The van der Waals surface area contributed by atoms with Gasteiger partial charge in [0.05, 0.1) is 26.2 Å². The van der Waals surface area contributed by atoms with Crippen molar-refractivity contribution in [1.29, 1.82) is 0 Å². The summed E-state index contributed by atoms with van der Waals surface area (Å²) < 4.78 is 20.1. The van der Waals surface area contributed by atoms with Crippen LogP contribution in [0.3, 0.4) is 0 Å². The maximum Gasteiger partial charge on any atom is 0.229 e. The summed E-state index contributed by atoms with van der Waals surface area (Å²) in [6.45, 7) is 0.609. The molecule has 0 unspecified atom stereocenters. The number of carbonyl (C=O) groups excluding carboxylic acids is 2. The molecule has 2 aliphatic rings. The van der Waals surface area contributed by atoms with Gasteiger partial charge < -0.3 is 10.1 Å². The predicted octanol–water partition coefficient (Wildman–Crippen LogP) is 5.43. The first-order chi connectivity index (χ1) is 19.9. The Balaban J connectivity index is 1.10. The van der Waals surface area contributed by atoms with E-state index in [0.717, 1.165) is 33.6 Å². The van der Waals surface area contributed by atoms with E-state index in [1.165, 1.54) is 34.7 Å². The number of carbonyl (C=O) groups is 2. The fraction of sp³-hybridized carbons (Fsp3) is 0.267. The van der Waals surface area contributed by atoms with E-state index >= 15 is 0 Å². The molecule has 8 nitrogen and oxygen atoms in total. The number of hydrogen-bond acceptors (Lipinski definition) is 8. The molecule has 4 heterocycles. The minimum Gasteiger partial charge on any atom is -0.487 e. The van der Waals surface area contributed by atoms with Crippen molar-refractivity contribution in [3.8, 4) is 17.6 Å². The van der Waals surface area contributed by atoms with Gasteiger partial charge in [-0.25, -0.2) is 14.4 Å². The maximum atomic E-state index is 13.4. The lowest BCUT2D eigenvalue weighted by Crippen LogP contribution is -2.41. The first kappa shape index (κ1) is 27.1. The number of nitrogens with zero attached hydrogens (tertiary/aromatic N) is 3. The van der Waals surface area contributed by atoms with E-state index in [9.17, 15) is 14.0 Å². The van der Waals surface area contributed by atoms with Crippen LogP contribution < -0.4 is 15.4 Å². The first-order valence-electron chi connectivity index (χ1n) is 13.2. The van der Waals surface area contributed by atoms with Gasteiger partial charge in [0.2, 0.25) is 11.8 Å². The second-order valence-electron chi connectivity index (χ2n) is 9.90. The van der Waals surface area contributed by atoms with Crippen LogP contribution in [-0.4, -0.2) is 45.3 Å². The molecule has 2 aromatic carbocycles. The first-order valence-corrected chi connectivity index (χ1v) is 14.4. The van der Waals surface area contributed by atoms with Gasteiger partial charge in [-0.2, -0.15) is 0 Å². The minimum atomic E-state index is -0.315. The van der Waals surface area contributed by atoms with E-state index in [2.05, 4.69) is 32.4 Å². The van der Waals surface area contributed by atoms with Gasteiger partial charge in [0.1, 0.15) is 24.5 Å². The number of likely N-dealkylation sites (tertiary alicyclic amines) is 1. The summed E-state index contributed by atoms with van der Waals surface area (Å²) in [6.07, 6.45) is 3.83. The molecule has 2 saturated heterocycles. The molecule has 208 valence electrons. The van der Waals surface area contributed by atoms with Crippen molar-refractivity contribution in [1.82, 2.24) is 20.2 Å². The van der Waals surface area contributed by atoms with E-state index in [1.807, 2.05) is 12.1 Å². The quantitative estimate of drug-likeness (QED) is 0.219. The van der Waals surface area contributed by atoms with Gasteiger partial charge in [-0.1, -0.05) is 35.6 Å². The molecule has 2 aromatic heterocycles. The number of aromatic nitrogens is 2. The molecule has 4 aromatic rings. The Morgan fingerprint density at radius 2 is 1.98 bits per heavy atom. The third kappa shape index (κ3) is 6.33. The van der Waals surface area contributed by atoms with Crippen molar-refractivity contribution in [3.05, 3.63) is 76.1 Å². The van der Waals surface area contributed by atoms with Crippen LogP contribution in [0, 0.1) is 17.7 Å². The number of rotatable bonds is 7. The molecule has 2 atom stereocenters. The molecule has 2 fully saturated rings. The van der Waals surface area contributed by atoms with Gasteiger partial charge in [0.15, 0.2) is 5.82 Å². The van der Waals surface area contributed by atoms with Crippen LogP contribution in [-0.2, 0) is 16.2 Å². The Hall–Kier alpha value is -4.04. The fourth-order valence-electron chi connectivity index (χ4n) is 4.91. The van der Waals surface area contributed by atoms with Crippen molar-refractivity contribution >= 4 is 56.5 Å². The molecule has 2 amide bonds. The van der Waals surface area contributed by atoms with Crippen LogP contribution in [0.1, 0.15) is 36.1 Å². The number of halogens is 2. The third-order valence-corrected chi connectivity index (χ3v) is 8.30. The predicted molar refractivity (Wildman–Crippen MR) is 156 cm³/mol. The number of anilines is 2. The number of amides is 2. The zero-order chi connectivity index (χ0) is 28.3. The number of nitrogens with one attached hydrogen (secondary N) is 2. The molecule has 0 bridgehead atoms. The van der Waals surface area contributed by atoms with Crippen LogP contribution >= 0.6 is 22.9 Å². The Kier molecular flexibility index (Phi) is 7.83. The number of thiophene rings is 1. The van der Waals surface area contributed by atoms with Crippen molar-refractivity contribution in [2.45, 2.75) is 44.4 Å². The summed E-state index contributed by atoms with van der Waals surface area (Å²) in [5.74, 6) is 7.17. The van der Waals surface area contributed by atoms with Crippen molar-refractivity contribution < 1.29 is 18.7 Å². The molecule has 0 spiro atoms. The highest BCUT2D eigenvalue weighted by molar-refractivity contribution is 7.20. The second kappa shape index (κ2) is 11.8. The zero-order valence-corrected chi connectivity index (χ0v) is 23.4. The van der Waals surface area contributed by atoms with Crippen molar-refractivity contribution in [2.75, 3.05) is 11.9 Å². The number of hydrogen-bond donors (Lipinski definition) is 2. The number of benzene rings is 2. The number of fused-ring (bicyclic) bond motifs is 1. The molecule has 2 N–H and O–H groups in total. The summed E-state index contributed by atoms with van der Waals surface area (Å²) in [5.41, 5.74) is 2.22. The molecule has 0 aliphatic carbocycles. The van der Waals surface area contributed by atoms with Crippen LogP contribution in [0.2, 0.25) is 5.02 Å². The minimum absolute atomic E-state index is 0.00881. The average molecular weight is 590 g/mol. The number of ether oxygens (including phenoxy) is 1. The molecular weight excluding hydrogens is 565 g/mol. The van der Waals surface area contributed by atoms with E-state index in [1.54, 1.807) is 24.3 Å². The van der Waals surface area contributed by atoms with E-state index in [0.29, 0.717) is 41.5 Å². The summed E-state index contributed by atoms with van der Waals surface area (Å²) in [5, 5.41) is 7.16. The standard InChI is InChI=1S/C30H25ClFN5O3S/c31-24-13-21(7-9-26(24)40-16-18-2-1-3-19(32)12-18)36-30-29-25(33-17-34-30)14-23(41-29)8-6-20-4-5-22(35-20)15-37-27(38)10-11-28(37)39/h1-3,7,9,12-14,17,20,22,35H,4-5,10-11,15-16H2,(H,33,34,36)/t20-,22-/m1/s1. The zero-order valence-electron chi connectivity index (χ0n) is 21.8. The number of imide groups is 1. The smallest absolute Gasteiger partial charge is 0.229 e. The van der Waals surface area contributed by atoms with E-state index in [4.69, 9.17) is 16.3 Å². The van der Waals surface area contributed by atoms with Crippen LogP contribution in [0.5, 0.6) is 5.75 Å². The Bertz CT molecular complexity index is 1680. The van der Waals surface area contributed by atoms with Crippen molar-refractivity contribution in [3.63, 3.8) is 0 Å². The molecule has 0 saturated carbocycles. The van der Waals surface area contributed by atoms with Crippen LogP contribution in [0.15, 0.2) is 54.9 Å². The molecule has 2 aliphatic heterocycles. The van der Waals surface area contributed by atoms with Gasteiger partial charge in [-0.3, -0.25) is 19.8 Å². The normalized spacial score (nSPS) is 18.5. The van der Waals surface area contributed by atoms with Gasteiger partial charge in [0, 0.05) is 31.1 Å². The summed E-state index contributed by atoms with van der Waals surface area (Å²) in [6, 6.07) is 13.6.